The van der Waals surface area contributed by atoms with Gasteiger partial charge in [-0.1, -0.05) is 0 Å². The van der Waals surface area contributed by atoms with Crippen molar-refractivity contribution >= 4 is 31.7 Å². The van der Waals surface area contributed by atoms with Gasteiger partial charge in [0, 0.05) is 0 Å². The first-order valence-corrected chi connectivity index (χ1v) is 8.19. The average molecular weight is 343 g/mol. The molecule has 3 N–H and O–H groups in total. The van der Waals surface area contributed by atoms with Crippen LogP contribution in [0.25, 0.3) is 11.2 Å². The van der Waals surface area contributed by atoms with E-state index in [1.807, 2.05) is 0 Å². The topological polar surface area (TPSA) is 152 Å². The van der Waals surface area contributed by atoms with Gasteiger partial charge in [0.1, 0.15) is 6.23 Å². The van der Waals surface area contributed by atoms with E-state index >= 15 is 0 Å². The number of nitrogens with one attached hydrogen (secondary N) is 1. The number of phosphoric acid groups is 1. The van der Waals surface area contributed by atoms with E-state index in [4.69, 9.17) is 14.5 Å². The number of rotatable bonds is 5. The van der Waals surface area contributed by atoms with E-state index < -0.39 is 25.7 Å². The van der Waals surface area contributed by atoms with Crippen LogP contribution < -0.4 is 5.56 Å². The summed E-state index contributed by atoms with van der Waals surface area (Å²) in [4.78, 5) is 43.5. The molecule has 2 atom stereocenters. The lowest BCUT2D eigenvalue weighted by molar-refractivity contribution is -0.0205. The van der Waals surface area contributed by atoms with Crippen molar-refractivity contribution in [3.63, 3.8) is 0 Å². The van der Waals surface area contributed by atoms with Gasteiger partial charge in [0.05, 0.1) is 19.0 Å². The summed E-state index contributed by atoms with van der Waals surface area (Å²) in [6.45, 7) is 3.09. The molecule has 0 saturated carbocycles. The van der Waals surface area contributed by atoms with Crippen molar-refractivity contribution < 1.29 is 23.6 Å². The summed E-state index contributed by atoms with van der Waals surface area (Å²) in [5, 5.41) is 0. The van der Waals surface area contributed by atoms with Crippen molar-refractivity contribution in [1.29, 1.82) is 0 Å². The predicted molar refractivity (Wildman–Crippen MR) is 78.5 cm³/mol. The van der Waals surface area contributed by atoms with E-state index in [1.54, 1.807) is 4.57 Å². The Morgan fingerprint density at radius 2 is 2.35 bits per heavy atom. The summed E-state index contributed by atoms with van der Waals surface area (Å²) >= 11 is 0. The standard InChI is InChI=1S/C11H14N5O6P/c1-12-11-14-9-8(10(17)15-11)13-5-16(9)7-3-2-6(22-7)4-21-23(18,19)20/h5-7H,1-4H2,(H,14,15,17)(H2,18,19,20)/t6-,7+/m0/s1. The fourth-order valence-electron chi connectivity index (χ4n) is 2.39. The molecule has 1 aliphatic heterocycles. The Bertz CT molecular complexity index is 841. The number of phosphoric ester groups is 1. The lowest BCUT2D eigenvalue weighted by atomic mass is 10.2. The van der Waals surface area contributed by atoms with Crippen LogP contribution in [-0.2, 0) is 13.8 Å². The van der Waals surface area contributed by atoms with Crippen LogP contribution in [0.15, 0.2) is 16.1 Å². The number of nitrogens with zero attached hydrogens (tertiary/aromatic N) is 4. The predicted octanol–water partition coefficient (Wildman–Crippen LogP) is 0.239. The van der Waals surface area contributed by atoms with Crippen LogP contribution in [0.2, 0.25) is 0 Å². The van der Waals surface area contributed by atoms with Gasteiger partial charge >= 0.3 is 7.82 Å². The maximum atomic E-state index is 11.9. The minimum Gasteiger partial charge on any atom is -0.352 e. The minimum atomic E-state index is -4.53. The highest BCUT2D eigenvalue weighted by molar-refractivity contribution is 7.46. The summed E-state index contributed by atoms with van der Waals surface area (Å²) in [5.41, 5.74) is 0.0177. The van der Waals surface area contributed by atoms with Gasteiger partial charge < -0.3 is 14.5 Å². The van der Waals surface area contributed by atoms with Crippen molar-refractivity contribution in [2.45, 2.75) is 25.2 Å². The molecule has 0 spiro atoms. The summed E-state index contributed by atoms with van der Waals surface area (Å²) in [6, 6.07) is 0. The third kappa shape index (κ3) is 3.38. The summed E-state index contributed by atoms with van der Waals surface area (Å²) < 4.78 is 22.4. The number of hydrogen-bond donors (Lipinski definition) is 3. The van der Waals surface area contributed by atoms with Gasteiger partial charge in [0.15, 0.2) is 11.2 Å². The highest BCUT2D eigenvalue weighted by Gasteiger charge is 2.30. The molecule has 2 aromatic rings. The molecule has 1 fully saturated rings. The molecule has 0 unspecified atom stereocenters. The second-order valence-corrected chi connectivity index (χ2v) is 6.19. The molecule has 0 bridgehead atoms. The largest absolute Gasteiger partial charge is 0.469 e. The molecule has 23 heavy (non-hydrogen) atoms. The van der Waals surface area contributed by atoms with Crippen molar-refractivity contribution in [2.75, 3.05) is 6.61 Å². The van der Waals surface area contributed by atoms with Gasteiger partial charge in [-0.3, -0.25) is 18.9 Å². The van der Waals surface area contributed by atoms with Crippen LogP contribution in [0.4, 0.5) is 5.95 Å². The maximum absolute atomic E-state index is 11.9. The molecule has 0 radical (unpaired) electrons. The van der Waals surface area contributed by atoms with Crippen LogP contribution in [0, 0.1) is 0 Å². The highest BCUT2D eigenvalue weighted by atomic mass is 31.2. The number of ether oxygens (including phenoxy) is 1. The molecule has 3 heterocycles. The fraction of sp³-hybridized carbons (Fsp3) is 0.455. The lowest BCUT2D eigenvalue weighted by Crippen LogP contribution is -2.16. The monoisotopic (exact) mass is 343 g/mol. The second-order valence-electron chi connectivity index (χ2n) is 4.95. The Hall–Kier alpha value is -1.91. The molecule has 0 aromatic carbocycles. The van der Waals surface area contributed by atoms with Crippen molar-refractivity contribution in [3.8, 4) is 0 Å². The molecular formula is C11H14N5O6P. The molecule has 12 heteroatoms. The molecule has 124 valence electrons. The Morgan fingerprint density at radius 3 is 3.04 bits per heavy atom. The van der Waals surface area contributed by atoms with Crippen LogP contribution >= 0.6 is 7.82 Å². The van der Waals surface area contributed by atoms with Crippen LogP contribution in [-0.4, -0.2) is 48.7 Å². The van der Waals surface area contributed by atoms with E-state index in [-0.39, 0.29) is 18.1 Å². The van der Waals surface area contributed by atoms with Crippen LogP contribution in [0.3, 0.4) is 0 Å². The van der Waals surface area contributed by atoms with Gasteiger partial charge in [-0.2, -0.15) is 4.98 Å². The zero-order chi connectivity index (χ0) is 16.6. The Morgan fingerprint density at radius 1 is 1.57 bits per heavy atom. The van der Waals surface area contributed by atoms with Gasteiger partial charge in [0.2, 0.25) is 5.95 Å². The normalized spacial score (nSPS) is 21.8. The fourth-order valence-corrected chi connectivity index (χ4v) is 2.75. The second kappa shape index (κ2) is 5.95. The number of aliphatic imine (C=N–C) groups is 1. The molecule has 0 aliphatic carbocycles. The van der Waals surface area contributed by atoms with Gasteiger partial charge in [-0.15, -0.1) is 0 Å². The number of aromatic amines is 1. The van der Waals surface area contributed by atoms with Crippen molar-refractivity contribution in [2.24, 2.45) is 4.99 Å². The summed E-state index contributed by atoms with van der Waals surface area (Å²) in [6.07, 6.45) is 1.60. The number of H-pyrrole nitrogens is 1. The first-order valence-electron chi connectivity index (χ1n) is 6.66. The molecule has 0 amide bonds. The quantitative estimate of drug-likeness (QED) is 0.515. The molecule has 1 saturated heterocycles. The Kier molecular flexibility index (Phi) is 4.13. The van der Waals surface area contributed by atoms with Crippen molar-refractivity contribution in [1.82, 2.24) is 19.5 Å². The third-order valence-corrected chi connectivity index (χ3v) is 3.88. The average Bonchev–Trinajstić information content (AvgIpc) is 3.10. The van der Waals surface area contributed by atoms with E-state index in [1.165, 1.54) is 6.33 Å². The first kappa shape index (κ1) is 16.0. The number of aromatic nitrogens is 4. The van der Waals surface area contributed by atoms with E-state index in [9.17, 15) is 9.36 Å². The van der Waals surface area contributed by atoms with Crippen LogP contribution in [0.1, 0.15) is 19.1 Å². The maximum Gasteiger partial charge on any atom is 0.469 e. The minimum absolute atomic E-state index is 0.0728. The molecule has 3 rings (SSSR count). The number of hydrogen-bond acceptors (Lipinski definition) is 7. The Balaban J connectivity index is 1.82. The number of imidazole rings is 1. The molecule has 2 aromatic heterocycles. The van der Waals surface area contributed by atoms with Crippen molar-refractivity contribution in [3.05, 3.63) is 16.7 Å². The Labute approximate surface area is 129 Å². The number of fused-ring (bicyclic) bond motifs is 1. The lowest BCUT2D eigenvalue weighted by Gasteiger charge is -2.15. The molecular weight excluding hydrogens is 329 g/mol. The van der Waals surface area contributed by atoms with Crippen LogP contribution in [0.5, 0.6) is 0 Å². The smallest absolute Gasteiger partial charge is 0.352 e. The highest BCUT2D eigenvalue weighted by Crippen LogP contribution is 2.38. The van der Waals surface area contributed by atoms with E-state index in [2.05, 4.69) is 31.2 Å². The summed E-state index contributed by atoms with van der Waals surface area (Å²) in [7, 11) is -4.53. The third-order valence-electron chi connectivity index (χ3n) is 3.39. The van der Waals surface area contributed by atoms with Gasteiger partial charge in [-0.05, 0) is 19.6 Å². The zero-order valence-corrected chi connectivity index (χ0v) is 12.7. The van der Waals surface area contributed by atoms with Gasteiger partial charge in [0.25, 0.3) is 5.56 Å². The molecule has 1 aliphatic rings. The first-order chi connectivity index (χ1) is 10.9. The van der Waals surface area contributed by atoms with E-state index in [0.717, 1.165) is 0 Å². The molecule has 11 nitrogen and oxygen atoms in total. The van der Waals surface area contributed by atoms with Gasteiger partial charge in [-0.25, -0.2) is 14.5 Å². The zero-order valence-electron chi connectivity index (χ0n) is 11.8. The van der Waals surface area contributed by atoms with E-state index in [0.29, 0.717) is 18.5 Å². The summed E-state index contributed by atoms with van der Waals surface area (Å²) in [5.74, 6) is 0.0728. The SMILES string of the molecule is C=Nc1nc2c(ncn2[C@H]2CC[C@@H](COP(=O)(O)O)O2)c(=O)[nH]1.